The molecule has 2 aromatic heterocycles. The summed E-state index contributed by atoms with van der Waals surface area (Å²) in [4.78, 5) is 6.78. The maximum Gasteiger partial charge on any atom is 0.231 e. The zero-order chi connectivity index (χ0) is 16.1. The minimum atomic E-state index is 0.211. The van der Waals surface area contributed by atoms with Gasteiger partial charge in [-0.25, -0.2) is 9.50 Å². The van der Waals surface area contributed by atoms with Gasteiger partial charge in [0.1, 0.15) is 5.52 Å². The van der Waals surface area contributed by atoms with E-state index in [0.29, 0.717) is 0 Å². The lowest BCUT2D eigenvalue weighted by atomic mass is 10.1. The molecule has 0 saturated carbocycles. The molecule has 0 amide bonds. The molecule has 7 heteroatoms. The van der Waals surface area contributed by atoms with Crippen molar-refractivity contribution in [2.75, 3.05) is 24.8 Å². The van der Waals surface area contributed by atoms with E-state index in [4.69, 9.17) is 15.2 Å². The number of nitrogens with zero attached hydrogens (tertiary/aromatic N) is 4. The Bertz CT molecular complexity index is 922. The molecule has 4 heterocycles. The number of rotatable bonds is 2. The fourth-order valence-electron chi connectivity index (χ4n) is 3.33. The molecule has 7 nitrogen and oxygen atoms in total. The molecule has 0 radical (unpaired) electrons. The summed E-state index contributed by atoms with van der Waals surface area (Å²) in [6, 6.07) is 8.14. The molecular formula is C17H17N5O2. The Kier molecular flexibility index (Phi) is 2.90. The SMILES string of the molecule is NC1CCN(c2nccn3nc(-c4ccc5c(c4)OCO5)cc23)C1. The number of anilines is 1. The molecule has 122 valence electrons. The van der Waals surface area contributed by atoms with Crippen LogP contribution in [0.15, 0.2) is 36.7 Å². The van der Waals surface area contributed by atoms with Crippen LogP contribution < -0.4 is 20.1 Å². The number of hydrogen-bond acceptors (Lipinski definition) is 6. The van der Waals surface area contributed by atoms with Crippen molar-refractivity contribution < 1.29 is 9.47 Å². The smallest absolute Gasteiger partial charge is 0.231 e. The van der Waals surface area contributed by atoms with Crippen LogP contribution in [0.25, 0.3) is 16.8 Å². The predicted molar refractivity (Wildman–Crippen MR) is 89.4 cm³/mol. The van der Waals surface area contributed by atoms with Gasteiger partial charge in [-0.05, 0) is 30.7 Å². The zero-order valence-electron chi connectivity index (χ0n) is 13.1. The molecule has 1 saturated heterocycles. The van der Waals surface area contributed by atoms with Crippen LogP contribution in [0.5, 0.6) is 11.5 Å². The minimum absolute atomic E-state index is 0.211. The fourth-order valence-corrected chi connectivity index (χ4v) is 3.33. The second-order valence-electron chi connectivity index (χ2n) is 6.17. The van der Waals surface area contributed by atoms with E-state index in [-0.39, 0.29) is 12.8 Å². The van der Waals surface area contributed by atoms with Gasteiger partial charge in [0.15, 0.2) is 17.3 Å². The van der Waals surface area contributed by atoms with Crippen molar-refractivity contribution >= 4 is 11.3 Å². The number of hydrogen-bond donors (Lipinski definition) is 1. The topological polar surface area (TPSA) is 77.9 Å². The van der Waals surface area contributed by atoms with Crippen LogP contribution in [0.4, 0.5) is 5.82 Å². The standard InChI is InChI=1S/C17H17N5O2/c18-12-3-5-21(9-12)17-14-8-13(20-22(14)6-4-19-17)11-1-2-15-16(7-11)24-10-23-15/h1-2,4,6-8,12H,3,5,9-10,18H2. The summed E-state index contributed by atoms with van der Waals surface area (Å²) >= 11 is 0. The minimum Gasteiger partial charge on any atom is -0.454 e. The number of fused-ring (bicyclic) bond motifs is 2. The van der Waals surface area contributed by atoms with Crippen LogP contribution in [0.2, 0.25) is 0 Å². The van der Waals surface area contributed by atoms with E-state index < -0.39 is 0 Å². The molecule has 2 N–H and O–H groups in total. The Morgan fingerprint density at radius 2 is 2.08 bits per heavy atom. The first-order valence-electron chi connectivity index (χ1n) is 8.03. The third-order valence-electron chi connectivity index (χ3n) is 4.56. The molecule has 1 aromatic carbocycles. The van der Waals surface area contributed by atoms with Crippen molar-refractivity contribution in [3.05, 3.63) is 36.7 Å². The maximum atomic E-state index is 6.04. The normalized spacial score (nSPS) is 19.4. The molecule has 5 rings (SSSR count). The van der Waals surface area contributed by atoms with E-state index in [1.165, 1.54) is 0 Å². The van der Waals surface area contributed by atoms with Crippen molar-refractivity contribution in [1.82, 2.24) is 14.6 Å². The highest BCUT2D eigenvalue weighted by Gasteiger charge is 2.23. The van der Waals surface area contributed by atoms with E-state index in [9.17, 15) is 0 Å². The lowest BCUT2D eigenvalue weighted by molar-refractivity contribution is 0.174. The van der Waals surface area contributed by atoms with Gasteiger partial charge in [0.25, 0.3) is 0 Å². The van der Waals surface area contributed by atoms with E-state index in [1.807, 2.05) is 28.9 Å². The predicted octanol–water partition coefficient (Wildman–Crippen LogP) is 1.66. The molecule has 0 bridgehead atoms. The summed E-state index contributed by atoms with van der Waals surface area (Å²) < 4.78 is 12.7. The summed E-state index contributed by atoms with van der Waals surface area (Å²) in [5.74, 6) is 2.47. The first kappa shape index (κ1) is 13.6. The second-order valence-corrected chi connectivity index (χ2v) is 6.17. The van der Waals surface area contributed by atoms with Crippen LogP contribution in [0.3, 0.4) is 0 Å². The van der Waals surface area contributed by atoms with Gasteiger partial charge in [-0.15, -0.1) is 0 Å². The summed E-state index contributed by atoms with van der Waals surface area (Å²) in [5, 5.41) is 4.68. The summed E-state index contributed by atoms with van der Waals surface area (Å²) in [6.07, 6.45) is 4.64. The highest BCUT2D eigenvalue weighted by molar-refractivity contribution is 5.76. The molecule has 1 unspecified atom stereocenters. The van der Waals surface area contributed by atoms with E-state index >= 15 is 0 Å². The third-order valence-corrected chi connectivity index (χ3v) is 4.56. The van der Waals surface area contributed by atoms with Crippen molar-refractivity contribution in [3.8, 4) is 22.8 Å². The van der Waals surface area contributed by atoms with Crippen LogP contribution in [0, 0.1) is 0 Å². The van der Waals surface area contributed by atoms with Crippen molar-refractivity contribution in [2.24, 2.45) is 5.73 Å². The number of nitrogens with two attached hydrogens (primary N) is 1. The highest BCUT2D eigenvalue weighted by atomic mass is 16.7. The number of benzene rings is 1. The lowest BCUT2D eigenvalue weighted by Crippen LogP contribution is -2.27. The molecule has 1 atom stereocenters. The Labute approximate surface area is 138 Å². The largest absolute Gasteiger partial charge is 0.454 e. The number of aromatic nitrogens is 3. The monoisotopic (exact) mass is 323 g/mol. The van der Waals surface area contributed by atoms with Gasteiger partial charge in [-0.2, -0.15) is 5.10 Å². The Morgan fingerprint density at radius 1 is 1.17 bits per heavy atom. The quantitative estimate of drug-likeness (QED) is 0.773. The van der Waals surface area contributed by atoms with E-state index in [0.717, 1.165) is 53.6 Å². The molecule has 2 aliphatic rings. The first-order valence-corrected chi connectivity index (χ1v) is 8.03. The molecular weight excluding hydrogens is 306 g/mol. The Hall–Kier alpha value is -2.80. The van der Waals surface area contributed by atoms with Gasteiger partial charge in [0, 0.05) is 37.1 Å². The van der Waals surface area contributed by atoms with Gasteiger partial charge in [-0.1, -0.05) is 0 Å². The van der Waals surface area contributed by atoms with Crippen LogP contribution in [-0.4, -0.2) is 40.5 Å². The van der Waals surface area contributed by atoms with Gasteiger partial charge in [-0.3, -0.25) is 0 Å². The summed E-state index contributed by atoms with van der Waals surface area (Å²) in [7, 11) is 0. The maximum absolute atomic E-state index is 6.04. The Morgan fingerprint density at radius 3 is 2.96 bits per heavy atom. The second kappa shape index (κ2) is 5.10. The first-order chi connectivity index (χ1) is 11.8. The lowest BCUT2D eigenvalue weighted by Gasteiger charge is -2.17. The van der Waals surface area contributed by atoms with Crippen LogP contribution >= 0.6 is 0 Å². The van der Waals surface area contributed by atoms with Gasteiger partial charge in [0.05, 0.1) is 5.69 Å². The third kappa shape index (κ3) is 2.09. The average Bonchev–Trinajstić information content (AvgIpc) is 3.32. The van der Waals surface area contributed by atoms with E-state index in [2.05, 4.69) is 21.0 Å². The van der Waals surface area contributed by atoms with Gasteiger partial charge in [0.2, 0.25) is 6.79 Å². The average molecular weight is 323 g/mol. The van der Waals surface area contributed by atoms with Crippen molar-refractivity contribution in [3.63, 3.8) is 0 Å². The van der Waals surface area contributed by atoms with Gasteiger partial charge >= 0.3 is 0 Å². The fraction of sp³-hybridized carbons (Fsp3) is 0.294. The molecule has 0 spiro atoms. The zero-order valence-corrected chi connectivity index (χ0v) is 13.1. The van der Waals surface area contributed by atoms with Crippen LogP contribution in [0.1, 0.15) is 6.42 Å². The molecule has 24 heavy (non-hydrogen) atoms. The van der Waals surface area contributed by atoms with Crippen LogP contribution in [-0.2, 0) is 0 Å². The summed E-state index contributed by atoms with van der Waals surface area (Å²) in [6.45, 7) is 2.03. The molecule has 3 aromatic rings. The van der Waals surface area contributed by atoms with Crippen molar-refractivity contribution in [1.29, 1.82) is 0 Å². The molecule has 1 fully saturated rings. The Balaban J connectivity index is 1.58. The molecule has 0 aliphatic carbocycles. The highest BCUT2D eigenvalue weighted by Crippen LogP contribution is 2.36. The summed E-state index contributed by atoms with van der Waals surface area (Å²) in [5.41, 5.74) is 8.90. The van der Waals surface area contributed by atoms with E-state index in [1.54, 1.807) is 6.20 Å². The number of ether oxygens (including phenoxy) is 2. The molecule has 2 aliphatic heterocycles. The van der Waals surface area contributed by atoms with Crippen molar-refractivity contribution in [2.45, 2.75) is 12.5 Å². The van der Waals surface area contributed by atoms with Gasteiger partial charge < -0.3 is 20.1 Å².